The number of amides is 1. The second-order valence-electron chi connectivity index (χ2n) is 7.16. The van der Waals surface area contributed by atoms with Crippen LogP contribution in [-0.4, -0.2) is 54.5 Å². The lowest BCUT2D eigenvalue weighted by Gasteiger charge is -2.39. The van der Waals surface area contributed by atoms with E-state index in [4.69, 9.17) is 4.74 Å². The van der Waals surface area contributed by atoms with Gasteiger partial charge in [0.15, 0.2) is 0 Å². The molecule has 0 unspecified atom stereocenters. The molecule has 1 aliphatic carbocycles. The molecule has 2 heterocycles. The van der Waals surface area contributed by atoms with E-state index in [9.17, 15) is 4.79 Å². The van der Waals surface area contributed by atoms with Crippen LogP contribution in [0.3, 0.4) is 0 Å². The van der Waals surface area contributed by atoms with Crippen LogP contribution >= 0.6 is 0 Å². The fourth-order valence-corrected chi connectivity index (χ4v) is 3.83. The number of hydrogen-bond donors (Lipinski definition) is 0. The number of benzene rings is 1. The maximum Gasteiger partial charge on any atom is 0.222 e. The molecular weight excluding hydrogens is 288 g/mol. The Morgan fingerprint density at radius 3 is 2.61 bits per heavy atom. The van der Waals surface area contributed by atoms with Gasteiger partial charge in [0.1, 0.15) is 0 Å². The van der Waals surface area contributed by atoms with Crippen molar-refractivity contribution in [3.63, 3.8) is 0 Å². The van der Waals surface area contributed by atoms with E-state index in [1.54, 1.807) is 0 Å². The van der Waals surface area contributed by atoms with Crippen molar-refractivity contribution >= 4 is 5.91 Å². The molecule has 3 aliphatic rings. The predicted molar refractivity (Wildman–Crippen MR) is 89.0 cm³/mol. The third-order valence-electron chi connectivity index (χ3n) is 5.38. The molecule has 2 atom stereocenters. The second kappa shape index (κ2) is 6.62. The van der Waals surface area contributed by atoms with Crippen LogP contribution in [0.4, 0.5) is 0 Å². The fraction of sp³-hybridized carbons (Fsp3) is 0.632. The molecule has 1 saturated carbocycles. The largest absolute Gasteiger partial charge is 0.367 e. The summed E-state index contributed by atoms with van der Waals surface area (Å²) in [5, 5.41) is 0. The summed E-state index contributed by atoms with van der Waals surface area (Å²) in [6.07, 6.45) is 4.92. The highest BCUT2D eigenvalue weighted by molar-refractivity contribution is 5.78. The van der Waals surface area contributed by atoms with E-state index in [0.29, 0.717) is 12.0 Å². The van der Waals surface area contributed by atoms with E-state index < -0.39 is 0 Å². The van der Waals surface area contributed by atoms with Crippen molar-refractivity contribution in [2.75, 3.05) is 32.7 Å². The second-order valence-corrected chi connectivity index (χ2v) is 7.16. The molecule has 4 heteroatoms. The van der Waals surface area contributed by atoms with Gasteiger partial charge in [-0.05, 0) is 30.7 Å². The average Bonchev–Trinajstić information content (AvgIpc) is 3.36. The lowest BCUT2D eigenvalue weighted by atomic mass is 10.0. The van der Waals surface area contributed by atoms with E-state index in [2.05, 4.69) is 35.2 Å². The van der Waals surface area contributed by atoms with Crippen molar-refractivity contribution in [2.45, 2.75) is 37.9 Å². The van der Waals surface area contributed by atoms with Gasteiger partial charge in [0.05, 0.1) is 12.2 Å². The zero-order valence-corrected chi connectivity index (χ0v) is 13.7. The van der Waals surface area contributed by atoms with Crippen molar-refractivity contribution in [1.82, 2.24) is 9.80 Å². The Morgan fingerprint density at radius 1 is 1.09 bits per heavy atom. The van der Waals surface area contributed by atoms with Crippen LogP contribution in [0.15, 0.2) is 30.3 Å². The molecule has 1 aromatic carbocycles. The number of ether oxygens (including phenoxy) is 1. The van der Waals surface area contributed by atoms with E-state index >= 15 is 0 Å². The summed E-state index contributed by atoms with van der Waals surface area (Å²) < 4.78 is 6.40. The predicted octanol–water partition coefficient (Wildman–Crippen LogP) is 2.46. The van der Waals surface area contributed by atoms with Crippen LogP contribution in [-0.2, 0) is 9.53 Å². The number of nitrogens with zero attached hydrogens (tertiary/aromatic N) is 2. The van der Waals surface area contributed by atoms with Crippen LogP contribution < -0.4 is 0 Å². The summed E-state index contributed by atoms with van der Waals surface area (Å²) in [5.74, 6) is 1.08. The van der Waals surface area contributed by atoms with Crippen molar-refractivity contribution in [3.8, 4) is 0 Å². The van der Waals surface area contributed by atoms with Gasteiger partial charge < -0.3 is 9.64 Å². The zero-order valence-electron chi connectivity index (χ0n) is 13.7. The van der Waals surface area contributed by atoms with Crippen molar-refractivity contribution in [2.24, 2.45) is 5.92 Å². The van der Waals surface area contributed by atoms with Crippen LogP contribution in [0.5, 0.6) is 0 Å². The number of hydrogen-bond acceptors (Lipinski definition) is 3. The Hall–Kier alpha value is -1.39. The summed E-state index contributed by atoms with van der Waals surface area (Å²) in [6.45, 7) is 4.75. The van der Waals surface area contributed by atoms with Crippen molar-refractivity contribution < 1.29 is 9.53 Å². The summed E-state index contributed by atoms with van der Waals surface area (Å²) in [7, 11) is 0. The summed E-state index contributed by atoms with van der Waals surface area (Å²) in [6, 6.07) is 10.6. The number of carbonyl (C=O) groups is 1. The van der Waals surface area contributed by atoms with E-state index in [1.807, 2.05) is 4.90 Å². The van der Waals surface area contributed by atoms with Gasteiger partial charge in [-0.2, -0.15) is 0 Å². The Morgan fingerprint density at radius 2 is 1.91 bits per heavy atom. The molecule has 4 nitrogen and oxygen atoms in total. The van der Waals surface area contributed by atoms with Crippen molar-refractivity contribution in [1.29, 1.82) is 0 Å². The molecule has 23 heavy (non-hydrogen) atoms. The zero-order chi connectivity index (χ0) is 15.6. The molecule has 0 aromatic heterocycles. The van der Waals surface area contributed by atoms with Crippen LogP contribution in [0.1, 0.15) is 37.4 Å². The highest BCUT2D eigenvalue weighted by Crippen LogP contribution is 2.39. The number of likely N-dealkylation sites (tertiary alicyclic amines) is 1. The lowest BCUT2D eigenvalue weighted by Crippen LogP contribution is -2.47. The van der Waals surface area contributed by atoms with Gasteiger partial charge in [0.25, 0.3) is 0 Å². The highest BCUT2D eigenvalue weighted by atomic mass is 16.5. The molecule has 4 rings (SSSR count). The molecule has 0 spiro atoms. The summed E-state index contributed by atoms with van der Waals surface area (Å²) in [5.41, 5.74) is 1.28. The Balaban J connectivity index is 1.40. The third kappa shape index (κ3) is 3.59. The van der Waals surface area contributed by atoms with Crippen molar-refractivity contribution in [3.05, 3.63) is 35.9 Å². The number of morpholine rings is 1. The quantitative estimate of drug-likeness (QED) is 0.837. The first-order valence-electron chi connectivity index (χ1n) is 9.00. The van der Waals surface area contributed by atoms with Crippen LogP contribution in [0.25, 0.3) is 0 Å². The molecule has 124 valence electrons. The van der Waals surface area contributed by atoms with E-state index in [-0.39, 0.29) is 6.10 Å². The maximum absolute atomic E-state index is 11.8. The monoisotopic (exact) mass is 314 g/mol. The standard InChI is InChI=1S/C19H26N2O2/c22-19-7-4-10-21(19)12-11-20-13-17(15-5-2-1-3-6-15)23-18(14-20)16-8-9-16/h1-3,5-6,16-18H,4,7-14H2/t17-,18+/m0/s1. The third-order valence-corrected chi connectivity index (χ3v) is 5.38. The van der Waals surface area contributed by atoms with E-state index in [0.717, 1.165) is 51.5 Å². The first-order valence-corrected chi connectivity index (χ1v) is 9.00. The smallest absolute Gasteiger partial charge is 0.222 e. The van der Waals surface area contributed by atoms with Gasteiger partial charge in [0.2, 0.25) is 5.91 Å². The SMILES string of the molecule is O=C1CCCN1CCN1C[C@@H](c2ccccc2)O[C@@H](C2CC2)C1. The molecule has 0 bridgehead atoms. The van der Waals surface area contributed by atoms with Gasteiger partial charge in [0, 0.05) is 39.1 Å². The summed E-state index contributed by atoms with van der Waals surface area (Å²) in [4.78, 5) is 16.3. The van der Waals surface area contributed by atoms with Gasteiger partial charge in [-0.15, -0.1) is 0 Å². The number of rotatable bonds is 5. The molecule has 1 aromatic rings. The van der Waals surface area contributed by atoms with Gasteiger partial charge >= 0.3 is 0 Å². The van der Waals surface area contributed by atoms with E-state index in [1.165, 1.54) is 18.4 Å². The normalized spacial score (nSPS) is 29.2. The molecule has 1 amide bonds. The first kappa shape index (κ1) is 15.2. The minimum atomic E-state index is 0.171. The van der Waals surface area contributed by atoms with Gasteiger partial charge in [-0.3, -0.25) is 9.69 Å². The number of carbonyl (C=O) groups excluding carboxylic acids is 1. The summed E-state index contributed by atoms with van der Waals surface area (Å²) >= 11 is 0. The van der Waals surface area contributed by atoms with Gasteiger partial charge in [-0.25, -0.2) is 0 Å². The van der Waals surface area contributed by atoms with Crippen LogP contribution in [0.2, 0.25) is 0 Å². The lowest BCUT2D eigenvalue weighted by molar-refractivity contribution is -0.128. The minimum Gasteiger partial charge on any atom is -0.367 e. The van der Waals surface area contributed by atoms with Gasteiger partial charge in [-0.1, -0.05) is 30.3 Å². The Labute approximate surface area is 138 Å². The minimum absolute atomic E-state index is 0.171. The molecule has 2 aliphatic heterocycles. The van der Waals surface area contributed by atoms with Crippen LogP contribution in [0, 0.1) is 5.92 Å². The maximum atomic E-state index is 11.8. The Kier molecular flexibility index (Phi) is 4.36. The highest BCUT2D eigenvalue weighted by Gasteiger charge is 2.38. The Bertz CT molecular complexity index is 544. The topological polar surface area (TPSA) is 32.8 Å². The molecule has 0 N–H and O–H groups in total. The first-order chi connectivity index (χ1) is 11.3. The molecule has 2 saturated heterocycles. The molecular formula is C19H26N2O2. The average molecular weight is 314 g/mol. The molecule has 0 radical (unpaired) electrons. The molecule has 3 fully saturated rings. The fourth-order valence-electron chi connectivity index (χ4n) is 3.83.